The maximum absolute atomic E-state index is 12.9. The Bertz CT molecular complexity index is 1490. The number of allylic oxidation sites excluding steroid dienone is 16. The number of unbranched alkanes of at least 4 members (excludes halogenated alkanes) is 31. The number of ether oxygens (including phenoxy) is 3. The minimum atomic E-state index is -0.783. The van der Waals surface area contributed by atoms with E-state index in [4.69, 9.17) is 14.2 Å². The molecule has 0 rings (SSSR count). The number of hydrogen-bond acceptors (Lipinski definition) is 6. The number of esters is 3. The molecule has 6 heteroatoms. The first-order valence-corrected chi connectivity index (χ1v) is 32.2. The molecule has 0 aliphatic heterocycles. The summed E-state index contributed by atoms with van der Waals surface area (Å²) in [6.07, 6.45) is 85.5. The first-order valence-electron chi connectivity index (χ1n) is 32.2. The minimum absolute atomic E-state index is 0.0799. The second kappa shape index (κ2) is 63.9. The molecule has 0 saturated heterocycles. The third kappa shape index (κ3) is 61.2. The molecular weight excluding hydrogens is 937 g/mol. The predicted molar refractivity (Wildman–Crippen MR) is 330 cm³/mol. The predicted octanol–water partition coefficient (Wildman–Crippen LogP) is 22.0. The van der Waals surface area contributed by atoms with Gasteiger partial charge in [0.2, 0.25) is 0 Å². The average molecular weight is 1060 g/mol. The van der Waals surface area contributed by atoms with Crippen molar-refractivity contribution >= 4 is 17.9 Å². The van der Waals surface area contributed by atoms with Gasteiger partial charge in [-0.3, -0.25) is 14.4 Å². The van der Waals surface area contributed by atoms with Crippen LogP contribution in [0.25, 0.3) is 0 Å². The van der Waals surface area contributed by atoms with Crippen molar-refractivity contribution < 1.29 is 28.6 Å². The molecule has 0 aromatic rings. The summed E-state index contributed by atoms with van der Waals surface area (Å²) in [6, 6.07) is 0. The van der Waals surface area contributed by atoms with Gasteiger partial charge in [0, 0.05) is 19.3 Å². The van der Waals surface area contributed by atoms with E-state index in [2.05, 4.69) is 118 Å². The Hall–Kier alpha value is -3.67. The molecule has 0 heterocycles. The molecule has 436 valence electrons. The molecular formula is C70H120O6. The van der Waals surface area contributed by atoms with Gasteiger partial charge in [0.15, 0.2) is 6.10 Å². The van der Waals surface area contributed by atoms with Crippen LogP contribution in [0.5, 0.6) is 0 Å². The molecule has 0 saturated carbocycles. The maximum atomic E-state index is 12.9. The third-order valence-electron chi connectivity index (χ3n) is 13.8. The molecule has 1 unspecified atom stereocenters. The van der Waals surface area contributed by atoms with Crippen LogP contribution in [-0.4, -0.2) is 37.2 Å². The van der Waals surface area contributed by atoms with Gasteiger partial charge in [-0.25, -0.2) is 0 Å². The van der Waals surface area contributed by atoms with Crippen LogP contribution in [0.15, 0.2) is 97.2 Å². The molecule has 0 aliphatic carbocycles. The van der Waals surface area contributed by atoms with Crippen LogP contribution in [0.4, 0.5) is 0 Å². The van der Waals surface area contributed by atoms with Crippen molar-refractivity contribution in [1.29, 1.82) is 0 Å². The molecule has 0 N–H and O–H groups in total. The SMILES string of the molecule is CC/C=C\C/C=C\C/C=C\C/C=C\C/C=C\C/C=C\C/C=C\CCCCCCCCCC(=O)OCC(COC(=O)CCCCCCCCCCCCC)OC(=O)CCCCCCCCC/C=C\CCCCCCCCC. The highest BCUT2D eigenvalue weighted by molar-refractivity contribution is 5.71. The van der Waals surface area contributed by atoms with Gasteiger partial charge in [-0.2, -0.15) is 0 Å². The van der Waals surface area contributed by atoms with Crippen LogP contribution in [0.2, 0.25) is 0 Å². The van der Waals surface area contributed by atoms with Crippen molar-refractivity contribution in [3.63, 3.8) is 0 Å². The zero-order chi connectivity index (χ0) is 55.0. The van der Waals surface area contributed by atoms with E-state index in [0.29, 0.717) is 19.3 Å². The summed E-state index contributed by atoms with van der Waals surface area (Å²) in [7, 11) is 0. The lowest BCUT2D eigenvalue weighted by Gasteiger charge is -2.18. The molecule has 6 nitrogen and oxygen atoms in total. The molecule has 0 fully saturated rings. The summed E-state index contributed by atoms with van der Waals surface area (Å²) < 4.78 is 16.9. The van der Waals surface area contributed by atoms with Crippen molar-refractivity contribution in [2.24, 2.45) is 0 Å². The first kappa shape index (κ1) is 72.3. The Morgan fingerprint density at radius 3 is 0.816 bits per heavy atom. The lowest BCUT2D eigenvalue weighted by Crippen LogP contribution is -2.30. The molecule has 0 bridgehead atoms. The molecule has 0 amide bonds. The van der Waals surface area contributed by atoms with E-state index in [-0.39, 0.29) is 31.1 Å². The van der Waals surface area contributed by atoms with E-state index in [9.17, 15) is 14.4 Å². The van der Waals surface area contributed by atoms with E-state index >= 15 is 0 Å². The summed E-state index contributed by atoms with van der Waals surface area (Å²) in [5.74, 6) is -0.887. The zero-order valence-electron chi connectivity index (χ0n) is 50.0. The normalized spacial score (nSPS) is 12.7. The Morgan fingerprint density at radius 1 is 0.276 bits per heavy atom. The fraction of sp³-hybridized carbons (Fsp3) is 0.729. The van der Waals surface area contributed by atoms with Crippen molar-refractivity contribution in [1.82, 2.24) is 0 Å². The van der Waals surface area contributed by atoms with Crippen molar-refractivity contribution in [3.05, 3.63) is 97.2 Å². The molecule has 0 aromatic carbocycles. The third-order valence-corrected chi connectivity index (χ3v) is 13.8. The van der Waals surface area contributed by atoms with Crippen molar-refractivity contribution in [2.75, 3.05) is 13.2 Å². The number of hydrogen-bond donors (Lipinski definition) is 0. The molecule has 0 radical (unpaired) electrons. The molecule has 0 aliphatic rings. The van der Waals surface area contributed by atoms with E-state index in [0.717, 1.165) is 109 Å². The Kier molecular flexibility index (Phi) is 60.8. The fourth-order valence-electron chi connectivity index (χ4n) is 9.01. The molecule has 0 aromatic heterocycles. The highest BCUT2D eigenvalue weighted by atomic mass is 16.6. The summed E-state index contributed by atoms with van der Waals surface area (Å²) in [5, 5.41) is 0. The number of carbonyl (C=O) groups is 3. The molecule has 1 atom stereocenters. The van der Waals surface area contributed by atoms with Gasteiger partial charge in [-0.05, 0) is 103 Å². The number of rotatable bonds is 58. The fourth-order valence-corrected chi connectivity index (χ4v) is 9.01. The highest BCUT2D eigenvalue weighted by Gasteiger charge is 2.19. The summed E-state index contributed by atoms with van der Waals surface area (Å²) >= 11 is 0. The van der Waals surface area contributed by atoms with E-state index in [1.54, 1.807) is 0 Å². The standard InChI is InChI=1S/C70H120O6/c1-4-7-10-13-16-19-22-24-26-28-30-31-32-33-34-35-36-37-38-39-40-42-43-45-48-51-54-57-60-63-69(72)75-66-67(65-74-68(71)62-59-56-53-50-47-21-18-15-12-9-6-3)76-70(73)64-61-58-55-52-49-46-44-41-29-27-25-23-20-17-14-11-8-5-2/h7,10,16,19,24,26-27,29-31,33-34,36-37,39-40,67H,4-6,8-9,11-15,17-18,20-23,25,28,32,35,38,41-66H2,1-3H3/b10-7-,19-16-,26-24-,29-27-,31-30-,34-33-,37-36-,40-39-. The van der Waals surface area contributed by atoms with Crippen LogP contribution >= 0.6 is 0 Å². The van der Waals surface area contributed by atoms with Crippen LogP contribution in [-0.2, 0) is 28.6 Å². The van der Waals surface area contributed by atoms with E-state index in [1.165, 1.54) is 161 Å². The summed E-state index contributed by atoms with van der Waals surface area (Å²) in [4.78, 5) is 38.2. The largest absolute Gasteiger partial charge is 0.462 e. The van der Waals surface area contributed by atoms with Gasteiger partial charge in [0.25, 0.3) is 0 Å². The van der Waals surface area contributed by atoms with E-state index < -0.39 is 6.10 Å². The second-order valence-electron chi connectivity index (χ2n) is 21.3. The van der Waals surface area contributed by atoms with Gasteiger partial charge in [-0.1, -0.05) is 285 Å². The first-order chi connectivity index (χ1) is 37.5. The Morgan fingerprint density at radius 2 is 0.513 bits per heavy atom. The van der Waals surface area contributed by atoms with Gasteiger partial charge >= 0.3 is 17.9 Å². The Labute approximate surface area is 470 Å². The number of carbonyl (C=O) groups excluding carboxylic acids is 3. The lowest BCUT2D eigenvalue weighted by molar-refractivity contribution is -0.167. The van der Waals surface area contributed by atoms with Gasteiger partial charge in [0.1, 0.15) is 13.2 Å². The summed E-state index contributed by atoms with van der Waals surface area (Å²) in [6.45, 7) is 6.53. The smallest absolute Gasteiger partial charge is 0.306 e. The second-order valence-corrected chi connectivity index (χ2v) is 21.3. The van der Waals surface area contributed by atoms with E-state index in [1.807, 2.05) is 0 Å². The topological polar surface area (TPSA) is 78.9 Å². The average Bonchev–Trinajstić information content (AvgIpc) is 3.42. The monoisotopic (exact) mass is 1060 g/mol. The highest BCUT2D eigenvalue weighted by Crippen LogP contribution is 2.16. The van der Waals surface area contributed by atoms with Gasteiger partial charge < -0.3 is 14.2 Å². The quantitative estimate of drug-likeness (QED) is 0.0261. The van der Waals surface area contributed by atoms with Crippen molar-refractivity contribution in [3.8, 4) is 0 Å². The Balaban J connectivity index is 4.29. The van der Waals surface area contributed by atoms with Crippen LogP contribution in [0, 0.1) is 0 Å². The van der Waals surface area contributed by atoms with Gasteiger partial charge in [-0.15, -0.1) is 0 Å². The van der Waals surface area contributed by atoms with Crippen molar-refractivity contribution in [2.45, 2.75) is 316 Å². The van der Waals surface area contributed by atoms with Gasteiger partial charge in [0.05, 0.1) is 0 Å². The summed E-state index contributed by atoms with van der Waals surface area (Å²) in [5.41, 5.74) is 0. The van der Waals surface area contributed by atoms with Crippen LogP contribution in [0.3, 0.4) is 0 Å². The lowest BCUT2D eigenvalue weighted by atomic mass is 10.1. The minimum Gasteiger partial charge on any atom is -0.462 e. The van der Waals surface area contributed by atoms with Crippen LogP contribution in [0.1, 0.15) is 310 Å². The molecule has 0 spiro atoms. The van der Waals surface area contributed by atoms with Crippen LogP contribution < -0.4 is 0 Å². The zero-order valence-corrected chi connectivity index (χ0v) is 50.0. The maximum Gasteiger partial charge on any atom is 0.306 e. The molecule has 76 heavy (non-hydrogen) atoms.